The first-order chi connectivity index (χ1) is 15.3. The lowest BCUT2D eigenvalue weighted by atomic mass is 9.99. The summed E-state index contributed by atoms with van der Waals surface area (Å²) in [7, 11) is -3.77. The van der Waals surface area contributed by atoms with E-state index in [0.717, 1.165) is 27.7 Å². The Morgan fingerprint density at radius 2 is 1.81 bits per heavy atom. The molecule has 0 bridgehead atoms. The number of nitrogens with one attached hydrogen (secondary N) is 1. The van der Waals surface area contributed by atoms with E-state index in [4.69, 9.17) is 9.84 Å². The van der Waals surface area contributed by atoms with Gasteiger partial charge >= 0.3 is 6.09 Å². The van der Waals surface area contributed by atoms with Gasteiger partial charge in [0.05, 0.1) is 15.2 Å². The maximum Gasteiger partial charge on any atom is 0.404 e. The first-order valence-electron chi connectivity index (χ1n) is 10.5. The molecule has 32 heavy (non-hydrogen) atoms. The smallest absolute Gasteiger partial charge is 0.404 e. The largest absolute Gasteiger partial charge is 0.465 e. The second-order valence-electron chi connectivity index (χ2n) is 8.22. The monoisotopic (exact) mass is 454 g/mol. The highest BCUT2D eigenvalue weighted by atomic mass is 32.2. The van der Waals surface area contributed by atoms with Crippen LogP contribution in [0.4, 0.5) is 4.79 Å². The topological polar surface area (TPSA) is 106 Å². The molecule has 168 valence electrons. The van der Waals surface area contributed by atoms with Gasteiger partial charge in [-0.05, 0) is 61.6 Å². The number of aryl methyl sites for hydroxylation is 1. The van der Waals surface area contributed by atoms with Crippen molar-refractivity contribution in [2.24, 2.45) is 0 Å². The third kappa shape index (κ3) is 4.33. The molecule has 1 aliphatic rings. The van der Waals surface area contributed by atoms with Gasteiger partial charge in [0.2, 0.25) is 0 Å². The number of carboxylic acid groups (broad SMARTS) is 1. The zero-order valence-corrected chi connectivity index (χ0v) is 18.7. The zero-order valence-electron chi connectivity index (χ0n) is 17.9. The summed E-state index contributed by atoms with van der Waals surface area (Å²) in [6.45, 7) is 2.38. The van der Waals surface area contributed by atoms with Gasteiger partial charge in [0.25, 0.3) is 0 Å². The van der Waals surface area contributed by atoms with Crippen molar-refractivity contribution < 1.29 is 23.1 Å². The number of pyridine rings is 1. The Morgan fingerprint density at radius 3 is 2.50 bits per heavy atom. The van der Waals surface area contributed by atoms with Crippen LogP contribution >= 0.6 is 0 Å². The summed E-state index contributed by atoms with van der Waals surface area (Å²) in [5.41, 5.74) is 4.00. The normalized spacial score (nSPS) is 16.0. The van der Waals surface area contributed by atoms with Gasteiger partial charge in [-0.25, -0.2) is 13.2 Å². The summed E-state index contributed by atoms with van der Waals surface area (Å²) < 4.78 is 31.2. The van der Waals surface area contributed by atoms with Crippen molar-refractivity contribution in [3.05, 3.63) is 71.4 Å². The fourth-order valence-electron chi connectivity index (χ4n) is 4.32. The van der Waals surface area contributed by atoms with E-state index in [9.17, 15) is 13.2 Å². The van der Waals surface area contributed by atoms with E-state index >= 15 is 0 Å². The first kappa shape index (κ1) is 22.2. The number of carbonyl (C=O) groups is 1. The van der Waals surface area contributed by atoms with E-state index in [1.54, 1.807) is 12.1 Å². The van der Waals surface area contributed by atoms with Crippen molar-refractivity contribution in [1.29, 1.82) is 0 Å². The van der Waals surface area contributed by atoms with Gasteiger partial charge in [0, 0.05) is 30.8 Å². The van der Waals surface area contributed by atoms with Crippen LogP contribution < -0.4 is 5.32 Å². The number of benzene rings is 2. The maximum atomic E-state index is 13.5. The molecular weight excluding hydrogens is 428 g/mol. The third-order valence-corrected chi connectivity index (χ3v) is 8.68. The van der Waals surface area contributed by atoms with Gasteiger partial charge in [-0.3, -0.25) is 4.98 Å². The van der Waals surface area contributed by atoms with Crippen LogP contribution in [0.1, 0.15) is 29.7 Å². The second kappa shape index (κ2) is 8.88. The van der Waals surface area contributed by atoms with Crippen LogP contribution in [0, 0.1) is 6.92 Å². The summed E-state index contributed by atoms with van der Waals surface area (Å²) >= 11 is 0. The van der Waals surface area contributed by atoms with E-state index < -0.39 is 20.7 Å². The van der Waals surface area contributed by atoms with E-state index in [1.165, 1.54) is 0 Å². The number of ether oxygens (including phenoxy) is 1. The fraction of sp³-hybridized carbons (Fsp3) is 0.333. The summed E-state index contributed by atoms with van der Waals surface area (Å²) in [6.07, 6.45) is -0.0791. The van der Waals surface area contributed by atoms with Crippen molar-refractivity contribution in [2.75, 3.05) is 19.8 Å². The highest BCUT2D eigenvalue weighted by Gasteiger charge is 2.46. The molecule has 0 atom stereocenters. The summed E-state index contributed by atoms with van der Waals surface area (Å²) in [4.78, 5) is 15.8. The highest BCUT2D eigenvalue weighted by molar-refractivity contribution is 7.92. The molecule has 0 saturated carbocycles. The molecule has 1 amide bonds. The van der Waals surface area contributed by atoms with Crippen molar-refractivity contribution in [3.8, 4) is 0 Å². The fourth-order valence-corrected chi connectivity index (χ4v) is 6.28. The molecule has 2 heterocycles. The number of hydrogen-bond donors (Lipinski definition) is 2. The van der Waals surface area contributed by atoms with Gasteiger partial charge in [-0.15, -0.1) is 0 Å². The van der Waals surface area contributed by atoms with Gasteiger partial charge < -0.3 is 15.2 Å². The third-order valence-electron chi connectivity index (χ3n) is 6.09. The minimum atomic E-state index is -3.77. The Kier molecular flexibility index (Phi) is 6.17. The number of para-hydroxylation sites is 1. The molecule has 2 N–H and O–H groups in total. The lowest BCUT2D eigenvalue weighted by molar-refractivity contribution is 0.0741. The molecule has 2 aromatic carbocycles. The summed E-state index contributed by atoms with van der Waals surface area (Å²) in [5, 5.41) is 12.4. The van der Waals surface area contributed by atoms with E-state index in [1.807, 2.05) is 43.3 Å². The van der Waals surface area contributed by atoms with Crippen LogP contribution in [-0.4, -0.2) is 49.1 Å². The molecule has 1 fully saturated rings. The number of aromatic nitrogens is 1. The van der Waals surface area contributed by atoms with Crippen LogP contribution in [0.15, 0.2) is 59.5 Å². The molecule has 1 aromatic heterocycles. The first-order valence-corrected chi connectivity index (χ1v) is 12.0. The van der Waals surface area contributed by atoms with Crippen molar-refractivity contribution in [3.63, 3.8) is 0 Å². The Labute approximate surface area is 187 Å². The average Bonchev–Trinajstić information content (AvgIpc) is 2.78. The van der Waals surface area contributed by atoms with Crippen LogP contribution in [0.5, 0.6) is 0 Å². The van der Waals surface area contributed by atoms with Crippen molar-refractivity contribution in [1.82, 2.24) is 10.3 Å². The molecular formula is C24H26N2O5S. The highest BCUT2D eigenvalue weighted by Crippen LogP contribution is 2.35. The Balaban J connectivity index is 1.62. The van der Waals surface area contributed by atoms with E-state index in [0.29, 0.717) is 6.42 Å². The van der Waals surface area contributed by atoms with E-state index in [-0.39, 0.29) is 37.5 Å². The van der Waals surface area contributed by atoms with Gasteiger partial charge in [0.1, 0.15) is 0 Å². The Bertz CT molecular complexity index is 1230. The van der Waals surface area contributed by atoms with Gasteiger partial charge in [-0.1, -0.05) is 30.3 Å². The van der Waals surface area contributed by atoms with Gasteiger partial charge in [-0.2, -0.15) is 0 Å². The number of nitrogens with zero attached hydrogens (tertiary/aromatic N) is 1. The number of amides is 1. The molecule has 0 unspecified atom stereocenters. The lowest BCUT2D eigenvalue weighted by Gasteiger charge is -2.36. The summed E-state index contributed by atoms with van der Waals surface area (Å²) in [5.74, 6) is 0. The Morgan fingerprint density at radius 1 is 1.12 bits per heavy atom. The second-order valence-corrected chi connectivity index (χ2v) is 10.6. The minimum absolute atomic E-state index is 0.155. The molecule has 3 aromatic rings. The number of sulfone groups is 1. The molecule has 1 saturated heterocycles. The molecule has 1 aliphatic heterocycles. The van der Waals surface area contributed by atoms with Crippen LogP contribution in [-0.2, 0) is 21.0 Å². The van der Waals surface area contributed by atoms with Gasteiger partial charge in [0.15, 0.2) is 9.84 Å². The minimum Gasteiger partial charge on any atom is -0.465 e. The zero-order chi connectivity index (χ0) is 22.8. The quantitative estimate of drug-likeness (QED) is 0.588. The molecule has 7 nitrogen and oxygen atoms in total. The lowest BCUT2D eigenvalue weighted by Crippen LogP contribution is -2.52. The van der Waals surface area contributed by atoms with Crippen molar-refractivity contribution >= 4 is 26.8 Å². The molecule has 0 radical (unpaired) electrons. The summed E-state index contributed by atoms with van der Waals surface area (Å²) in [6, 6.07) is 16.9. The Hall–Kier alpha value is -2.97. The van der Waals surface area contributed by atoms with Crippen LogP contribution in [0.3, 0.4) is 0 Å². The number of fused-ring (bicyclic) bond motifs is 1. The van der Waals surface area contributed by atoms with Crippen molar-refractivity contribution in [2.45, 2.75) is 35.8 Å². The average molecular weight is 455 g/mol. The van der Waals surface area contributed by atoms with Crippen LogP contribution in [0.2, 0.25) is 0 Å². The number of hydrogen-bond acceptors (Lipinski definition) is 5. The predicted molar refractivity (Wildman–Crippen MR) is 122 cm³/mol. The molecule has 0 aliphatic carbocycles. The van der Waals surface area contributed by atoms with Crippen LogP contribution in [0.25, 0.3) is 10.9 Å². The predicted octanol–water partition coefficient (Wildman–Crippen LogP) is 3.72. The standard InChI is InChI=1S/C24H26N2O5S/c1-17-14-19(21-4-2-3-5-22(21)26-17)15-18-6-8-20(9-7-18)32(29,30)24(16-25-23(27)28)10-12-31-13-11-24/h2-9,14,25H,10-13,15-16H2,1H3,(H,27,28). The number of rotatable bonds is 6. The molecule has 8 heteroatoms. The molecule has 4 rings (SSSR count). The maximum absolute atomic E-state index is 13.5. The van der Waals surface area contributed by atoms with E-state index in [2.05, 4.69) is 16.4 Å². The SMILES string of the molecule is Cc1cc(Cc2ccc(S(=O)(=O)C3(CNC(=O)O)CCOCC3)cc2)c2ccccc2n1. The molecule has 0 spiro atoms.